The van der Waals surface area contributed by atoms with Crippen LogP contribution < -0.4 is 0 Å². The SMILES string of the molecule is CSc1ccc(S(=O)(=O)N2CCC(C(=O)N3CCN(C=O)CC3)CC2)cc1. The van der Waals surface area contributed by atoms with Crippen LogP contribution in [0.5, 0.6) is 0 Å². The van der Waals surface area contributed by atoms with Crippen LogP contribution in [0.2, 0.25) is 0 Å². The van der Waals surface area contributed by atoms with Crippen molar-refractivity contribution >= 4 is 34.1 Å². The molecule has 2 aliphatic rings. The number of nitrogens with zero attached hydrogens (tertiary/aromatic N) is 3. The molecule has 0 saturated carbocycles. The Morgan fingerprint density at radius 2 is 1.63 bits per heavy atom. The normalized spacial score (nSPS) is 19.9. The van der Waals surface area contributed by atoms with E-state index < -0.39 is 10.0 Å². The predicted molar refractivity (Wildman–Crippen MR) is 104 cm³/mol. The Bertz CT molecular complexity index is 766. The Morgan fingerprint density at radius 3 is 2.15 bits per heavy atom. The first-order chi connectivity index (χ1) is 13.0. The van der Waals surface area contributed by atoms with Crippen molar-refractivity contribution in [2.24, 2.45) is 5.92 Å². The maximum atomic E-state index is 12.8. The molecule has 27 heavy (non-hydrogen) atoms. The van der Waals surface area contributed by atoms with Crippen LogP contribution in [0.1, 0.15) is 12.8 Å². The smallest absolute Gasteiger partial charge is 0.243 e. The average molecular weight is 412 g/mol. The molecule has 2 fully saturated rings. The van der Waals surface area contributed by atoms with Gasteiger partial charge in [0.05, 0.1) is 4.90 Å². The van der Waals surface area contributed by atoms with Gasteiger partial charge in [-0.1, -0.05) is 0 Å². The summed E-state index contributed by atoms with van der Waals surface area (Å²) in [6.45, 7) is 2.95. The highest BCUT2D eigenvalue weighted by Gasteiger charge is 2.34. The van der Waals surface area contributed by atoms with Gasteiger partial charge in [-0.15, -0.1) is 11.8 Å². The van der Waals surface area contributed by atoms with Gasteiger partial charge in [0.2, 0.25) is 22.3 Å². The van der Waals surface area contributed by atoms with Crippen molar-refractivity contribution in [1.29, 1.82) is 0 Å². The zero-order valence-corrected chi connectivity index (χ0v) is 17.0. The monoisotopic (exact) mass is 411 g/mol. The maximum Gasteiger partial charge on any atom is 0.243 e. The first kappa shape index (κ1) is 20.2. The van der Waals surface area contributed by atoms with Gasteiger partial charge in [-0.25, -0.2) is 8.42 Å². The van der Waals surface area contributed by atoms with Crippen molar-refractivity contribution in [3.8, 4) is 0 Å². The van der Waals surface area contributed by atoms with Gasteiger partial charge in [0, 0.05) is 50.1 Å². The number of amides is 2. The second-order valence-corrected chi connectivity index (χ2v) is 9.64. The van der Waals surface area contributed by atoms with E-state index in [1.807, 2.05) is 18.4 Å². The highest BCUT2D eigenvalue weighted by atomic mass is 32.2. The molecule has 0 aromatic heterocycles. The average Bonchev–Trinajstić information content (AvgIpc) is 2.73. The number of carbonyl (C=O) groups is 2. The zero-order valence-electron chi connectivity index (χ0n) is 15.4. The summed E-state index contributed by atoms with van der Waals surface area (Å²) in [6.07, 6.45) is 3.84. The first-order valence-electron chi connectivity index (χ1n) is 9.08. The molecule has 0 radical (unpaired) electrons. The molecule has 0 spiro atoms. The van der Waals surface area contributed by atoms with Crippen LogP contribution in [0.3, 0.4) is 0 Å². The minimum absolute atomic E-state index is 0.0851. The van der Waals surface area contributed by atoms with Crippen LogP contribution in [0.25, 0.3) is 0 Å². The summed E-state index contributed by atoms with van der Waals surface area (Å²) in [5, 5.41) is 0. The molecule has 2 amide bonds. The van der Waals surface area contributed by atoms with Crippen LogP contribution in [-0.2, 0) is 19.6 Å². The van der Waals surface area contributed by atoms with Gasteiger partial charge in [0.15, 0.2) is 0 Å². The van der Waals surface area contributed by atoms with Gasteiger partial charge in [-0.2, -0.15) is 4.31 Å². The molecule has 0 bridgehead atoms. The lowest BCUT2D eigenvalue weighted by atomic mass is 9.96. The minimum Gasteiger partial charge on any atom is -0.342 e. The summed E-state index contributed by atoms with van der Waals surface area (Å²) in [5.41, 5.74) is 0. The van der Waals surface area contributed by atoms with Crippen molar-refractivity contribution in [1.82, 2.24) is 14.1 Å². The van der Waals surface area contributed by atoms with Crippen LogP contribution in [0.4, 0.5) is 0 Å². The number of benzene rings is 1. The molecule has 7 nitrogen and oxygen atoms in total. The van der Waals surface area contributed by atoms with E-state index in [0.717, 1.165) is 11.3 Å². The molecule has 0 unspecified atom stereocenters. The second kappa shape index (κ2) is 8.62. The summed E-state index contributed by atoms with van der Waals surface area (Å²) >= 11 is 1.57. The largest absolute Gasteiger partial charge is 0.342 e. The molecule has 2 aliphatic heterocycles. The van der Waals surface area contributed by atoms with Crippen LogP contribution in [-0.4, -0.2) is 80.4 Å². The van der Waals surface area contributed by atoms with E-state index in [1.165, 1.54) is 4.31 Å². The van der Waals surface area contributed by atoms with Crippen molar-refractivity contribution in [2.75, 3.05) is 45.5 Å². The Balaban J connectivity index is 1.57. The van der Waals surface area contributed by atoms with E-state index in [1.54, 1.807) is 33.7 Å². The van der Waals surface area contributed by atoms with Gasteiger partial charge in [-0.3, -0.25) is 9.59 Å². The lowest BCUT2D eigenvalue weighted by Crippen LogP contribution is -2.51. The van der Waals surface area contributed by atoms with Crippen molar-refractivity contribution in [3.63, 3.8) is 0 Å². The number of carbonyl (C=O) groups excluding carboxylic acids is 2. The molecule has 9 heteroatoms. The van der Waals surface area contributed by atoms with E-state index in [4.69, 9.17) is 0 Å². The number of hydrogen-bond donors (Lipinski definition) is 0. The maximum absolute atomic E-state index is 12.8. The van der Waals surface area contributed by atoms with E-state index >= 15 is 0 Å². The van der Waals surface area contributed by atoms with E-state index in [0.29, 0.717) is 57.0 Å². The standard InChI is InChI=1S/C18H25N3O4S2/c1-26-16-2-4-17(5-3-16)27(24,25)21-8-6-15(7-9-21)18(23)20-12-10-19(14-22)11-13-20/h2-5,14-15H,6-13H2,1H3. The Kier molecular flexibility index (Phi) is 6.44. The third-order valence-electron chi connectivity index (χ3n) is 5.28. The third-order valence-corrected chi connectivity index (χ3v) is 7.93. The number of thioether (sulfide) groups is 1. The fourth-order valence-electron chi connectivity index (χ4n) is 3.55. The molecular weight excluding hydrogens is 386 g/mol. The summed E-state index contributed by atoms with van der Waals surface area (Å²) in [6, 6.07) is 6.91. The quantitative estimate of drug-likeness (QED) is 0.536. The predicted octanol–water partition coefficient (Wildman–Crippen LogP) is 1.11. The Hall–Kier alpha value is -1.58. The number of piperazine rings is 1. The number of piperidine rings is 1. The molecule has 1 aromatic rings. The summed E-state index contributed by atoms with van der Waals surface area (Å²) in [7, 11) is -3.52. The zero-order chi connectivity index (χ0) is 19.4. The van der Waals surface area contributed by atoms with Gasteiger partial charge < -0.3 is 9.80 Å². The van der Waals surface area contributed by atoms with Crippen LogP contribution >= 0.6 is 11.8 Å². The van der Waals surface area contributed by atoms with Crippen LogP contribution in [0, 0.1) is 5.92 Å². The van der Waals surface area contributed by atoms with Gasteiger partial charge in [-0.05, 0) is 43.4 Å². The number of hydrogen-bond acceptors (Lipinski definition) is 5. The molecule has 148 valence electrons. The molecule has 0 N–H and O–H groups in total. The molecule has 2 saturated heterocycles. The fourth-order valence-corrected chi connectivity index (χ4v) is 5.42. The Morgan fingerprint density at radius 1 is 1.04 bits per heavy atom. The fraction of sp³-hybridized carbons (Fsp3) is 0.556. The van der Waals surface area contributed by atoms with Crippen molar-refractivity contribution < 1.29 is 18.0 Å². The van der Waals surface area contributed by atoms with Gasteiger partial charge in [0.25, 0.3) is 0 Å². The molecule has 0 aliphatic carbocycles. The van der Waals surface area contributed by atoms with Gasteiger partial charge >= 0.3 is 0 Å². The van der Waals surface area contributed by atoms with Crippen molar-refractivity contribution in [3.05, 3.63) is 24.3 Å². The van der Waals surface area contributed by atoms with E-state index in [-0.39, 0.29) is 11.8 Å². The highest BCUT2D eigenvalue weighted by molar-refractivity contribution is 7.98. The summed E-state index contributed by atoms with van der Waals surface area (Å²) in [4.78, 5) is 28.3. The highest BCUT2D eigenvalue weighted by Crippen LogP contribution is 2.26. The minimum atomic E-state index is -3.52. The summed E-state index contributed by atoms with van der Waals surface area (Å²) < 4.78 is 27.1. The number of sulfonamides is 1. The summed E-state index contributed by atoms with van der Waals surface area (Å²) in [5.74, 6) is -0.0555. The lowest BCUT2D eigenvalue weighted by Gasteiger charge is -2.37. The molecular formula is C18H25N3O4S2. The lowest BCUT2D eigenvalue weighted by molar-refractivity contribution is -0.140. The van der Waals surface area contributed by atoms with Gasteiger partial charge in [0.1, 0.15) is 0 Å². The van der Waals surface area contributed by atoms with Crippen molar-refractivity contribution in [2.45, 2.75) is 22.6 Å². The molecule has 0 atom stereocenters. The Labute approximate surface area is 164 Å². The van der Waals surface area contributed by atoms with Crippen LogP contribution in [0.15, 0.2) is 34.1 Å². The third kappa shape index (κ3) is 4.47. The van der Waals surface area contributed by atoms with E-state index in [2.05, 4.69) is 0 Å². The van der Waals surface area contributed by atoms with E-state index in [9.17, 15) is 18.0 Å². The first-order valence-corrected chi connectivity index (χ1v) is 11.7. The molecule has 3 rings (SSSR count). The second-order valence-electron chi connectivity index (χ2n) is 6.82. The molecule has 1 aromatic carbocycles. The topological polar surface area (TPSA) is 78.0 Å². The molecule has 2 heterocycles. The number of rotatable bonds is 5.